The number of amides is 1. The van der Waals surface area contributed by atoms with Gasteiger partial charge < -0.3 is 63.8 Å². The Balaban J connectivity index is 2.18. The second kappa shape index (κ2) is 18.2. The van der Waals surface area contributed by atoms with Gasteiger partial charge in [0.1, 0.15) is 30.0 Å². The van der Waals surface area contributed by atoms with Gasteiger partial charge >= 0.3 is 5.97 Å². The highest BCUT2D eigenvalue weighted by Crippen LogP contribution is 2.40. The van der Waals surface area contributed by atoms with Crippen LogP contribution in [0.1, 0.15) is 94.9 Å². The van der Waals surface area contributed by atoms with Crippen LogP contribution in [0.25, 0.3) is 0 Å². The molecule has 0 aromatic carbocycles. The molecule has 15 nitrogen and oxygen atoms in total. The first kappa shape index (κ1) is 45.9. The Labute approximate surface area is 316 Å². The molecule has 3 saturated heterocycles. The number of aliphatic hydroxyl groups is 5. The molecule has 5 N–H and O–H groups in total. The zero-order chi connectivity index (χ0) is 40.4. The monoisotopic (exact) mass is 762 g/mol. The van der Waals surface area contributed by atoms with Crippen molar-refractivity contribution in [3.05, 3.63) is 0 Å². The zero-order valence-corrected chi connectivity index (χ0v) is 34.2. The van der Waals surface area contributed by atoms with Crippen molar-refractivity contribution in [3.8, 4) is 0 Å². The lowest BCUT2D eigenvalue weighted by Gasteiger charge is -2.48. The van der Waals surface area contributed by atoms with E-state index in [0.717, 1.165) is 0 Å². The lowest BCUT2D eigenvalue weighted by Crippen LogP contribution is -2.60. The van der Waals surface area contributed by atoms with Crippen LogP contribution < -0.4 is 0 Å². The molecule has 15 heteroatoms. The number of methoxy groups -OCH3 is 1. The Morgan fingerprint density at radius 2 is 1.60 bits per heavy atom. The molecule has 3 heterocycles. The molecule has 3 rings (SSSR count). The first-order valence-electron chi connectivity index (χ1n) is 19.2. The van der Waals surface area contributed by atoms with Gasteiger partial charge in [-0.2, -0.15) is 0 Å². The Bertz CT molecular complexity index is 1190. The van der Waals surface area contributed by atoms with E-state index in [1.807, 2.05) is 25.8 Å². The number of aliphatic hydroxyl groups excluding tert-OH is 3. The van der Waals surface area contributed by atoms with E-state index in [9.17, 15) is 35.1 Å². The van der Waals surface area contributed by atoms with E-state index in [1.165, 1.54) is 18.9 Å². The van der Waals surface area contributed by atoms with Crippen molar-refractivity contribution >= 4 is 12.4 Å². The van der Waals surface area contributed by atoms with Crippen LogP contribution in [0.5, 0.6) is 0 Å². The molecule has 3 aliphatic rings. The molecular formula is C38H70N2O13. The summed E-state index contributed by atoms with van der Waals surface area (Å²) in [5.74, 6) is -2.78. The third kappa shape index (κ3) is 10.3. The van der Waals surface area contributed by atoms with E-state index in [2.05, 4.69) is 0 Å². The Morgan fingerprint density at radius 3 is 2.17 bits per heavy atom. The van der Waals surface area contributed by atoms with Crippen LogP contribution in [-0.2, 0) is 38.0 Å². The molecular weight excluding hydrogens is 692 g/mol. The molecule has 0 radical (unpaired) electrons. The van der Waals surface area contributed by atoms with Gasteiger partial charge in [0.25, 0.3) is 0 Å². The van der Waals surface area contributed by atoms with Gasteiger partial charge in [0.15, 0.2) is 12.6 Å². The van der Waals surface area contributed by atoms with Crippen molar-refractivity contribution in [1.82, 2.24) is 9.80 Å². The van der Waals surface area contributed by atoms with Crippen molar-refractivity contribution in [2.24, 2.45) is 17.8 Å². The van der Waals surface area contributed by atoms with Crippen molar-refractivity contribution in [1.29, 1.82) is 0 Å². The number of rotatable bonds is 8. The fraction of sp³-hybridized carbons (Fsp3) is 0.947. The third-order valence-electron chi connectivity index (χ3n) is 12.2. The lowest BCUT2D eigenvalue weighted by atomic mass is 9.77. The summed E-state index contributed by atoms with van der Waals surface area (Å²) >= 11 is 0. The SMILES string of the molecule is CC[C@H]1OC(=O)[C@H](C)[C@@H](O[C@H]2C[C@@](C)(OC)[C@@H](O)[C@H](C)O2)[C@H](C)C(OC2O[C@H](C)C[C@H](N(C)C=O)[C@H]2O)[C@](C)(O)C[C@@H](C)CN(C)[C@H](C)[C@@H](O)[C@]1(C)O. The highest BCUT2D eigenvalue weighted by atomic mass is 16.7. The average Bonchev–Trinajstić information content (AvgIpc) is 3.09. The molecule has 3 aliphatic heterocycles. The first-order chi connectivity index (χ1) is 24.4. The van der Waals surface area contributed by atoms with Gasteiger partial charge in [-0.15, -0.1) is 0 Å². The largest absolute Gasteiger partial charge is 0.459 e. The Morgan fingerprint density at radius 1 is 0.981 bits per heavy atom. The van der Waals surface area contributed by atoms with Crippen LogP contribution in [0, 0.1) is 17.8 Å². The summed E-state index contributed by atoms with van der Waals surface area (Å²) in [5.41, 5.74) is -4.50. The van der Waals surface area contributed by atoms with Crippen LogP contribution in [-0.4, -0.2) is 166 Å². The molecule has 2 unspecified atom stereocenters. The van der Waals surface area contributed by atoms with E-state index in [4.69, 9.17) is 28.4 Å². The van der Waals surface area contributed by atoms with E-state index in [1.54, 1.807) is 55.5 Å². The summed E-state index contributed by atoms with van der Waals surface area (Å²) in [5, 5.41) is 58.1. The van der Waals surface area contributed by atoms with E-state index < -0.39 is 108 Å². The first-order valence-corrected chi connectivity index (χ1v) is 19.2. The molecule has 53 heavy (non-hydrogen) atoms. The van der Waals surface area contributed by atoms with Gasteiger partial charge in [0.2, 0.25) is 6.41 Å². The molecule has 0 aliphatic carbocycles. The van der Waals surface area contributed by atoms with Gasteiger partial charge in [0.05, 0.1) is 47.6 Å². The van der Waals surface area contributed by atoms with E-state index >= 15 is 0 Å². The molecule has 310 valence electrons. The normalized spacial score (nSPS) is 48.6. The van der Waals surface area contributed by atoms with E-state index in [-0.39, 0.29) is 25.2 Å². The number of likely N-dealkylation sites (N-methyl/N-ethyl adjacent to an activating group) is 2. The summed E-state index contributed by atoms with van der Waals surface area (Å²) in [7, 11) is 4.88. The van der Waals surface area contributed by atoms with Crippen LogP contribution in [0.4, 0.5) is 0 Å². The summed E-state index contributed by atoms with van der Waals surface area (Å²) in [6.07, 6.45) is -8.72. The molecule has 18 atom stereocenters. The van der Waals surface area contributed by atoms with Gasteiger partial charge in [-0.05, 0) is 80.7 Å². The summed E-state index contributed by atoms with van der Waals surface area (Å²) < 4.78 is 37.3. The van der Waals surface area contributed by atoms with Crippen molar-refractivity contribution in [2.75, 3.05) is 27.7 Å². The molecule has 1 amide bonds. The standard InChI is InChI=1S/C38H70N2O13/c1-14-27-38(10,47)31(43)24(6)39(11)18-20(2)16-36(8,46)33(53-35-29(42)26(40(12)19-41)15-21(3)49-35)22(4)30(23(5)34(45)51-27)52-28-17-37(9,48-13)32(44)25(7)50-28/h19-33,35,42-44,46-47H,14-18H2,1-13H3/t20-,21-,22+,23-,24-,25+,26+,27-,28+,29-,30+,31-,32+,33?,35?,36-,37-,38-/m1/s1. The number of ether oxygens (including phenoxy) is 6. The van der Waals surface area contributed by atoms with Crippen molar-refractivity contribution in [2.45, 2.75) is 185 Å². The maximum absolute atomic E-state index is 14.2. The maximum atomic E-state index is 14.2. The molecule has 0 bridgehead atoms. The van der Waals surface area contributed by atoms with Crippen molar-refractivity contribution < 1.29 is 63.5 Å². The molecule has 0 spiro atoms. The number of nitrogens with zero attached hydrogens (tertiary/aromatic N) is 2. The topological polar surface area (TPSA) is 197 Å². The van der Waals surface area contributed by atoms with Gasteiger partial charge in [-0.25, -0.2) is 0 Å². The second-order valence-corrected chi connectivity index (χ2v) is 17.0. The van der Waals surface area contributed by atoms with Gasteiger partial charge in [-0.1, -0.05) is 20.8 Å². The molecule has 0 aromatic heterocycles. The summed E-state index contributed by atoms with van der Waals surface area (Å²) in [6, 6.07) is -1.19. The number of hydrogen-bond donors (Lipinski definition) is 5. The van der Waals surface area contributed by atoms with Crippen LogP contribution in [0.15, 0.2) is 0 Å². The smallest absolute Gasteiger partial charge is 0.311 e. The van der Waals surface area contributed by atoms with Gasteiger partial charge in [0, 0.05) is 39.1 Å². The number of carbonyl (C=O) groups excluding carboxylic acids is 2. The van der Waals surface area contributed by atoms with Crippen LogP contribution in [0.3, 0.4) is 0 Å². The highest BCUT2D eigenvalue weighted by molar-refractivity contribution is 5.73. The molecule has 0 aromatic rings. The Kier molecular flexibility index (Phi) is 15.7. The third-order valence-corrected chi connectivity index (χ3v) is 12.2. The zero-order valence-electron chi connectivity index (χ0n) is 34.2. The maximum Gasteiger partial charge on any atom is 0.311 e. The number of cyclic esters (lactones) is 1. The summed E-state index contributed by atoms with van der Waals surface area (Å²) in [4.78, 5) is 29.2. The number of hydrogen-bond acceptors (Lipinski definition) is 14. The summed E-state index contributed by atoms with van der Waals surface area (Å²) in [6.45, 7) is 17.6. The molecule has 0 saturated carbocycles. The van der Waals surface area contributed by atoms with Crippen molar-refractivity contribution in [3.63, 3.8) is 0 Å². The molecule has 3 fully saturated rings. The fourth-order valence-electron chi connectivity index (χ4n) is 8.71. The predicted molar refractivity (Wildman–Crippen MR) is 194 cm³/mol. The highest BCUT2D eigenvalue weighted by Gasteiger charge is 2.52. The number of esters is 1. The quantitative estimate of drug-likeness (QED) is 0.176. The average molecular weight is 763 g/mol. The Hall–Kier alpha value is -1.50. The second-order valence-electron chi connectivity index (χ2n) is 17.0. The van der Waals surface area contributed by atoms with Crippen LogP contribution >= 0.6 is 0 Å². The minimum absolute atomic E-state index is 0.101. The van der Waals surface area contributed by atoms with E-state index in [0.29, 0.717) is 19.4 Å². The number of carbonyl (C=O) groups is 2. The predicted octanol–water partition coefficient (Wildman–Crippen LogP) is 1.43. The van der Waals surface area contributed by atoms with Gasteiger partial charge in [-0.3, -0.25) is 9.59 Å². The van der Waals surface area contributed by atoms with Crippen LogP contribution in [0.2, 0.25) is 0 Å². The minimum atomic E-state index is -1.82. The lowest BCUT2D eigenvalue weighted by molar-refractivity contribution is -0.317. The minimum Gasteiger partial charge on any atom is -0.459 e. The fourth-order valence-corrected chi connectivity index (χ4v) is 8.71.